The molecule has 0 aliphatic rings. The summed E-state index contributed by atoms with van der Waals surface area (Å²) in [6.45, 7) is 4.16. The summed E-state index contributed by atoms with van der Waals surface area (Å²) in [5.74, 6) is 0.270. The molecule has 3 aromatic heterocycles. The summed E-state index contributed by atoms with van der Waals surface area (Å²) >= 11 is 0. The van der Waals surface area contributed by atoms with Crippen LogP contribution in [0.2, 0.25) is 0 Å². The van der Waals surface area contributed by atoms with Crippen LogP contribution < -0.4 is 0 Å². The number of benzene rings is 2. The lowest BCUT2D eigenvalue weighted by Crippen LogP contribution is -1.98. The summed E-state index contributed by atoms with van der Waals surface area (Å²) in [5.41, 5.74) is 5.65. The average molecular weight is 357 g/mol. The molecule has 0 unspecified atom stereocenters. The third kappa shape index (κ3) is 2.33. The van der Waals surface area contributed by atoms with E-state index in [1.54, 1.807) is 23.0 Å². The summed E-state index contributed by atoms with van der Waals surface area (Å²) in [6.07, 6.45) is 1.68. The fourth-order valence-corrected chi connectivity index (χ4v) is 3.47. The third-order valence-corrected chi connectivity index (χ3v) is 4.95. The zero-order valence-electron chi connectivity index (χ0n) is 14.9. The van der Waals surface area contributed by atoms with Gasteiger partial charge in [-0.15, -0.1) is 5.10 Å². The Morgan fingerprint density at radius 2 is 1.63 bits per heavy atom. The number of nitrogens with zero attached hydrogens (tertiary/aromatic N) is 5. The number of rotatable bonds is 2. The number of aromatic nitrogens is 5. The van der Waals surface area contributed by atoms with Crippen LogP contribution in [-0.2, 0) is 0 Å². The summed E-state index contributed by atoms with van der Waals surface area (Å²) in [5, 5.41) is 5.50. The monoisotopic (exact) mass is 357 g/mol. The SMILES string of the molecule is Cc1c(C)n(-c2ccccc2)c2ncn3nc(-c4ccc(F)cc4)nc3c12. The van der Waals surface area contributed by atoms with Gasteiger partial charge < -0.3 is 0 Å². The highest BCUT2D eigenvalue weighted by atomic mass is 19.1. The number of hydrogen-bond acceptors (Lipinski definition) is 3. The first kappa shape index (κ1) is 15.7. The second-order valence-corrected chi connectivity index (χ2v) is 6.54. The van der Waals surface area contributed by atoms with E-state index in [-0.39, 0.29) is 5.82 Å². The molecule has 2 aromatic carbocycles. The van der Waals surface area contributed by atoms with E-state index in [2.05, 4.69) is 40.6 Å². The van der Waals surface area contributed by atoms with Gasteiger partial charge in [0.05, 0.1) is 5.39 Å². The second-order valence-electron chi connectivity index (χ2n) is 6.54. The lowest BCUT2D eigenvalue weighted by atomic mass is 10.2. The second kappa shape index (κ2) is 5.74. The Kier molecular flexibility index (Phi) is 3.33. The predicted octanol–water partition coefficient (Wildman–Crippen LogP) is 4.49. The van der Waals surface area contributed by atoms with Crippen LogP contribution in [0.25, 0.3) is 33.8 Å². The van der Waals surface area contributed by atoms with Crippen molar-refractivity contribution in [3.63, 3.8) is 0 Å². The summed E-state index contributed by atoms with van der Waals surface area (Å²) < 4.78 is 17.0. The molecule has 0 radical (unpaired) electrons. The van der Waals surface area contributed by atoms with Crippen LogP contribution in [0.15, 0.2) is 60.9 Å². The van der Waals surface area contributed by atoms with Gasteiger partial charge in [0.15, 0.2) is 17.1 Å². The van der Waals surface area contributed by atoms with Gasteiger partial charge in [-0.3, -0.25) is 4.57 Å². The standard InChI is InChI=1S/C21H16FN5/c1-13-14(2)27(17-6-4-3-5-7-17)20-18(13)21-24-19(25-26(21)12-23-20)15-8-10-16(22)11-9-15/h3-12H,1-2H3. The van der Waals surface area contributed by atoms with Gasteiger partial charge in [-0.2, -0.15) is 0 Å². The molecule has 0 fully saturated rings. The molecule has 6 heteroatoms. The molecule has 132 valence electrons. The fourth-order valence-electron chi connectivity index (χ4n) is 3.47. The molecule has 0 aliphatic heterocycles. The van der Waals surface area contributed by atoms with E-state index >= 15 is 0 Å². The van der Waals surface area contributed by atoms with E-state index in [9.17, 15) is 4.39 Å². The molecule has 0 amide bonds. The van der Waals surface area contributed by atoms with Crippen molar-refractivity contribution in [3.05, 3.63) is 78.0 Å². The van der Waals surface area contributed by atoms with Crippen molar-refractivity contribution in [2.75, 3.05) is 0 Å². The van der Waals surface area contributed by atoms with Gasteiger partial charge in [-0.05, 0) is 55.8 Å². The van der Waals surface area contributed by atoms with Crippen molar-refractivity contribution in [2.45, 2.75) is 13.8 Å². The Labute approximate surface area is 154 Å². The van der Waals surface area contributed by atoms with Gasteiger partial charge >= 0.3 is 0 Å². The molecule has 5 nitrogen and oxygen atoms in total. The van der Waals surface area contributed by atoms with E-state index in [1.165, 1.54) is 12.1 Å². The highest BCUT2D eigenvalue weighted by molar-refractivity contribution is 5.95. The first-order chi connectivity index (χ1) is 13.1. The molecule has 0 spiro atoms. The minimum atomic E-state index is -0.280. The van der Waals surface area contributed by atoms with Crippen LogP contribution in [0.1, 0.15) is 11.3 Å². The van der Waals surface area contributed by atoms with Crippen LogP contribution in [0, 0.1) is 19.7 Å². The Morgan fingerprint density at radius 1 is 0.889 bits per heavy atom. The van der Waals surface area contributed by atoms with Crippen molar-refractivity contribution in [3.8, 4) is 17.1 Å². The van der Waals surface area contributed by atoms with Crippen molar-refractivity contribution in [2.24, 2.45) is 0 Å². The minimum Gasteiger partial charge on any atom is -0.298 e. The van der Waals surface area contributed by atoms with Crippen LogP contribution in [0.5, 0.6) is 0 Å². The number of para-hydroxylation sites is 1. The van der Waals surface area contributed by atoms with Gasteiger partial charge in [-0.1, -0.05) is 18.2 Å². The molecule has 0 bridgehead atoms. The lowest BCUT2D eigenvalue weighted by molar-refractivity contribution is 0.628. The molecule has 3 heterocycles. The van der Waals surface area contributed by atoms with E-state index in [0.717, 1.165) is 39.2 Å². The fraction of sp³-hybridized carbons (Fsp3) is 0.0952. The van der Waals surface area contributed by atoms with Crippen molar-refractivity contribution in [1.82, 2.24) is 24.1 Å². The molecular weight excluding hydrogens is 341 g/mol. The smallest absolute Gasteiger partial charge is 0.182 e. The average Bonchev–Trinajstić information content (AvgIpc) is 3.22. The number of halogens is 1. The third-order valence-electron chi connectivity index (χ3n) is 4.95. The van der Waals surface area contributed by atoms with Gasteiger partial charge in [0.25, 0.3) is 0 Å². The molecule has 0 atom stereocenters. The summed E-state index contributed by atoms with van der Waals surface area (Å²) in [7, 11) is 0. The van der Waals surface area contributed by atoms with Gasteiger partial charge in [0.2, 0.25) is 0 Å². The minimum absolute atomic E-state index is 0.280. The number of aryl methyl sites for hydroxylation is 1. The van der Waals surface area contributed by atoms with Crippen LogP contribution >= 0.6 is 0 Å². The zero-order chi connectivity index (χ0) is 18.5. The van der Waals surface area contributed by atoms with E-state index in [1.807, 2.05) is 18.2 Å². The maximum Gasteiger partial charge on any atom is 0.182 e. The van der Waals surface area contributed by atoms with E-state index < -0.39 is 0 Å². The van der Waals surface area contributed by atoms with Crippen LogP contribution in [0.3, 0.4) is 0 Å². The van der Waals surface area contributed by atoms with Crippen molar-refractivity contribution >= 4 is 16.7 Å². The predicted molar refractivity (Wildman–Crippen MR) is 102 cm³/mol. The lowest BCUT2D eigenvalue weighted by Gasteiger charge is -2.07. The molecule has 27 heavy (non-hydrogen) atoms. The molecule has 5 rings (SSSR count). The normalized spacial score (nSPS) is 11.5. The molecule has 0 aliphatic carbocycles. The molecular formula is C21H16FN5. The van der Waals surface area contributed by atoms with Crippen molar-refractivity contribution in [1.29, 1.82) is 0 Å². The van der Waals surface area contributed by atoms with Crippen molar-refractivity contribution < 1.29 is 4.39 Å². The summed E-state index contributed by atoms with van der Waals surface area (Å²) in [6, 6.07) is 16.3. The Morgan fingerprint density at radius 3 is 2.37 bits per heavy atom. The number of hydrogen-bond donors (Lipinski definition) is 0. The first-order valence-corrected chi connectivity index (χ1v) is 8.68. The summed E-state index contributed by atoms with van der Waals surface area (Å²) in [4.78, 5) is 9.38. The van der Waals surface area contributed by atoms with Gasteiger partial charge in [0.1, 0.15) is 12.1 Å². The maximum atomic E-state index is 13.2. The van der Waals surface area contributed by atoms with E-state index in [4.69, 9.17) is 4.98 Å². The molecule has 0 saturated carbocycles. The molecule has 0 N–H and O–H groups in total. The topological polar surface area (TPSA) is 48.0 Å². The van der Waals surface area contributed by atoms with E-state index in [0.29, 0.717) is 5.82 Å². The highest BCUT2D eigenvalue weighted by Crippen LogP contribution is 2.30. The highest BCUT2D eigenvalue weighted by Gasteiger charge is 2.19. The number of fused-ring (bicyclic) bond motifs is 3. The van der Waals surface area contributed by atoms with Gasteiger partial charge in [-0.25, -0.2) is 18.9 Å². The van der Waals surface area contributed by atoms with Crippen LogP contribution in [0.4, 0.5) is 4.39 Å². The van der Waals surface area contributed by atoms with Gasteiger partial charge in [0, 0.05) is 16.9 Å². The quantitative estimate of drug-likeness (QED) is 0.468. The zero-order valence-corrected chi connectivity index (χ0v) is 14.9. The molecule has 0 saturated heterocycles. The maximum absolute atomic E-state index is 13.2. The molecule has 5 aromatic rings. The largest absolute Gasteiger partial charge is 0.298 e. The Hall–Kier alpha value is -3.54. The first-order valence-electron chi connectivity index (χ1n) is 8.68. The van der Waals surface area contributed by atoms with Crippen LogP contribution in [-0.4, -0.2) is 24.1 Å². The Bertz CT molecular complexity index is 1280. The Balaban J connectivity index is 1.79.